The molecule has 0 atom stereocenters. The first kappa shape index (κ1) is 166. The van der Waals surface area contributed by atoms with Gasteiger partial charge in [-0.1, -0.05) is 0 Å². The normalized spacial score (nSPS) is 0. The van der Waals surface area contributed by atoms with Crippen LogP contribution in [-0.2, 0) is 61.2 Å². The molecule has 48 valence electrons. The molecule has 0 aliphatic carbocycles. The van der Waals surface area contributed by atoms with Gasteiger partial charge < -0.3 is 16.4 Å². The maximum atomic E-state index is 0. The van der Waals surface area contributed by atoms with Crippen LogP contribution in [0.5, 0.6) is 0 Å². The Morgan fingerprint density at radius 3 is 0.429 bits per heavy atom. The van der Waals surface area contributed by atoms with E-state index in [1.54, 1.807) is 0 Å². The van der Waals surface area contributed by atoms with Gasteiger partial charge in [0, 0.05) is 21.9 Å². The first-order valence-electron chi connectivity index (χ1n) is 0. The average Bonchev–Trinajstić information content (AvgIpc) is 0. The van der Waals surface area contributed by atoms with Crippen LogP contribution in [0.4, 0.5) is 0 Å². The summed E-state index contributed by atoms with van der Waals surface area (Å²) in [7, 11) is 0. The van der Waals surface area contributed by atoms with E-state index in [0.717, 1.165) is 0 Å². The van der Waals surface area contributed by atoms with Gasteiger partial charge in [-0.2, -0.15) is 0 Å². The SMILES string of the molecule is [Au+3].[Au+3].[O-2].[O-2].[O-2].[Si].[Si]. The molecule has 8 radical (unpaired) electrons. The predicted octanol–water partition coefficient (Wildman–Crippen LogP) is -1.12. The Morgan fingerprint density at radius 1 is 0.429 bits per heavy atom. The zero-order chi connectivity index (χ0) is 0. The molecule has 0 aromatic rings. The number of hydrogen-bond donors (Lipinski definition) is 0. The average molecular weight is 498 g/mol. The van der Waals surface area contributed by atoms with Crippen LogP contribution < -0.4 is 0 Å². The second-order valence-electron chi connectivity index (χ2n) is 0. The zero-order valence-corrected chi connectivity index (χ0v) is 9.16. The minimum Gasteiger partial charge on any atom is -2.00 e. The van der Waals surface area contributed by atoms with E-state index in [-0.39, 0.29) is 83.1 Å². The largest absolute Gasteiger partial charge is 3.00 e. The number of rotatable bonds is 0. The van der Waals surface area contributed by atoms with Crippen molar-refractivity contribution in [1.82, 2.24) is 0 Å². The zero-order valence-electron chi connectivity index (χ0n) is 2.83. The first-order valence-corrected chi connectivity index (χ1v) is 0. The van der Waals surface area contributed by atoms with Gasteiger partial charge in [-0.05, 0) is 0 Å². The van der Waals surface area contributed by atoms with Gasteiger partial charge in [0.15, 0.2) is 0 Å². The van der Waals surface area contributed by atoms with E-state index >= 15 is 0 Å². The Labute approximate surface area is 82.6 Å². The van der Waals surface area contributed by atoms with Crippen molar-refractivity contribution < 1.29 is 61.2 Å². The van der Waals surface area contributed by atoms with E-state index in [1.165, 1.54) is 0 Å². The summed E-state index contributed by atoms with van der Waals surface area (Å²) in [6.45, 7) is 0. The van der Waals surface area contributed by atoms with Gasteiger partial charge in [-0.25, -0.2) is 0 Å². The molecule has 0 unspecified atom stereocenters. The standard InChI is InChI=1S/2Au.3O.2Si/q2*+3;3*-2;;. The summed E-state index contributed by atoms with van der Waals surface area (Å²) in [4.78, 5) is 0. The Bertz CT molecular complexity index is 10.9. The molecule has 7 heavy (non-hydrogen) atoms. The summed E-state index contributed by atoms with van der Waals surface area (Å²) in [6.07, 6.45) is 0. The van der Waals surface area contributed by atoms with Crippen molar-refractivity contribution in [3.8, 4) is 0 Å². The minimum absolute atomic E-state index is 0. The van der Waals surface area contributed by atoms with E-state index < -0.39 is 0 Å². The summed E-state index contributed by atoms with van der Waals surface area (Å²) in [6, 6.07) is 0. The van der Waals surface area contributed by atoms with Crippen LogP contribution in [0, 0.1) is 0 Å². The van der Waals surface area contributed by atoms with E-state index in [1.807, 2.05) is 0 Å². The van der Waals surface area contributed by atoms with Crippen LogP contribution in [-0.4, -0.2) is 21.9 Å². The topological polar surface area (TPSA) is 85.5 Å². The van der Waals surface area contributed by atoms with Crippen molar-refractivity contribution in [3.63, 3.8) is 0 Å². The molecule has 0 aliphatic heterocycles. The molecule has 0 bridgehead atoms. The van der Waals surface area contributed by atoms with Crippen molar-refractivity contribution in [2.24, 2.45) is 0 Å². The molecule has 0 saturated carbocycles. The van der Waals surface area contributed by atoms with Crippen molar-refractivity contribution >= 4 is 21.9 Å². The summed E-state index contributed by atoms with van der Waals surface area (Å²) >= 11 is 0. The molecule has 0 N–H and O–H groups in total. The molecule has 0 spiro atoms. The first-order chi connectivity index (χ1) is 0. The van der Waals surface area contributed by atoms with Crippen LogP contribution in [0.15, 0.2) is 0 Å². The maximum Gasteiger partial charge on any atom is 3.00 e. The van der Waals surface area contributed by atoms with Gasteiger partial charge in [0.2, 0.25) is 0 Å². The maximum absolute atomic E-state index is 0. The fourth-order valence-corrected chi connectivity index (χ4v) is 0. The van der Waals surface area contributed by atoms with Crippen molar-refractivity contribution in [1.29, 1.82) is 0 Å². The molecule has 0 fully saturated rings. The fraction of sp³-hybridized carbons (Fsp3) is 0. The van der Waals surface area contributed by atoms with Crippen LogP contribution >= 0.6 is 0 Å². The molecule has 7 heteroatoms. The van der Waals surface area contributed by atoms with Gasteiger partial charge >= 0.3 is 44.8 Å². The third-order valence-corrected chi connectivity index (χ3v) is 0. The summed E-state index contributed by atoms with van der Waals surface area (Å²) in [5, 5.41) is 0. The predicted molar refractivity (Wildman–Crippen MR) is 13.6 cm³/mol. The summed E-state index contributed by atoms with van der Waals surface area (Å²) in [5.74, 6) is 0. The minimum atomic E-state index is 0. The molecule has 3 nitrogen and oxygen atoms in total. The van der Waals surface area contributed by atoms with Gasteiger partial charge in [0.25, 0.3) is 0 Å². The van der Waals surface area contributed by atoms with Crippen LogP contribution in [0.3, 0.4) is 0 Å². The summed E-state index contributed by atoms with van der Waals surface area (Å²) < 4.78 is 0. The molecule has 0 aliphatic rings. The van der Waals surface area contributed by atoms with Crippen LogP contribution in [0.2, 0.25) is 0 Å². The van der Waals surface area contributed by atoms with Gasteiger partial charge in [-0.3, -0.25) is 0 Å². The smallest absolute Gasteiger partial charge is 2.00 e. The van der Waals surface area contributed by atoms with Crippen molar-refractivity contribution in [2.75, 3.05) is 0 Å². The van der Waals surface area contributed by atoms with Gasteiger partial charge in [-0.15, -0.1) is 0 Å². The molecule has 0 rings (SSSR count). The Morgan fingerprint density at radius 2 is 0.429 bits per heavy atom. The van der Waals surface area contributed by atoms with Crippen LogP contribution in [0.1, 0.15) is 0 Å². The van der Waals surface area contributed by atoms with E-state index in [4.69, 9.17) is 0 Å². The third-order valence-electron chi connectivity index (χ3n) is 0. The molecule has 0 saturated heterocycles. The second kappa shape index (κ2) is 112. The quantitative estimate of drug-likeness (QED) is 0.380. The molecular formula is Au2O3Si2. The van der Waals surface area contributed by atoms with E-state index in [0.29, 0.717) is 0 Å². The van der Waals surface area contributed by atoms with Crippen molar-refractivity contribution in [3.05, 3.63) is 0 Å². The Hall–Kier alpha value is 1.79. The third kappa shape index (κ3) is 81.3. The molecule has 0 aromatic heterocycles. The van der Waals surface area contributed by atoms with Crippen molar-refractivity contribution in [2.45, 2.75) is 0 Å². The summed E-state index contributed by atoms with van der Waals surface area (Å²) in [5.41, 5.74) is 0. The van der Waals surface area contributed by atoms with Gasteiger partial charge in [0.05, 0.1) is 0 Å². The van der Waals surface area contributed by atoms with Gasteiger partial charge in [0.1, 0.15) is 0 Å². The molecule has 0 aromatic carbocycles. The van der Waals surface area contributed by atoms with Crippen LogP contribution in [0.25, 0.3) is 0 Å². The van der Waals surface area contributed by atoms with E-state index in [9.17, 15) is 0 Å². The Balaban J connectivity index is 0. The Kier molecular flexibility index (Phi) is 2650. The monoisotopic (exact) mass is 498 g/mol. The molecule has 0 amide bonds. The molecule has 0 heterocycles. The fourth-order valence-electron chi connectivity index (χ4n) is 0. The second-order valence-corrected chi connectivity index (χ2v) is 0. The number of hydrogen-bond acceptors (Lipinski definition) is 0. The molecular weight excluding hydrogens is 498 g/mol. The van der Waals surface area contributed by atoms with E-state index in [2.05, 4.69) is 0 Å².